The number of aromatic hydroxyl groups is 1. The van der Waals surface area contributed by atoms with E-state index in [9.17, 15) is 15.0 Å². The van der Waals surface area contributed by atoms with Gasteiger partial charge in [-0.15, -0.1) is 0 Å². The summed E-state index contributed by atoms with van der Waals surface area (Å²) in [6.45, 7) is 0. The van der Waals surface area contributed by atoms with Gasteiger partial charge < -0.3 is 10.2 Å². The first-order chi connectivity index (χ1) is 12.9. The fraction of sp³-hybridized carbons (Fsp3) is 0.316. The molecule has 1 aromatic carbocycles. The van der Waals surface area contributed by atoms with E-state index in [0.29, 0.717) is 44.6 Å². The minimum absolute atomic E-state index is 0.00765. The Morgan fingerprint density at radius 1 is 1.19 bits per heavy atom. The molecule has 0 aliphatic heterocycles. The summed E-state index contributed by atoms with van der Waals surface area (Å²) in [6.07, 6.45) is 4.11. The third kappa shape index (κ3) is 3.47. The summed E-state index contributed by atoms with van der Waals surface area (Å²) in [6, 6.07) is 6.43. The highest BCUT2D eigenvalue weighted by atomic mass is 79.9. The first-order valence-corrected chi connectivity index (χ1v) is 9.85. The molecule has 2 heterocycles. The van der Waals surface area contributed by atoms with Gasteiger partial charge >= 0.3 is 0 Å². The van der Waals surface area contributed by atoms with Gasteiger partial charge in [0.2, 0.25) is 0 Å². The van der Waals surface area contributed by atoms with Crippen LogP contribution in [-0.2, 0) is 0 Å². The van der Waals surface area contributed by atoms with Crippen LogP contribution in [0, 0.1) is 0 Å². The number of rotatable bonds is 2. The van der Waals surface area contributed by atoms with E-state index in [1.54, 1.807) is 29.1 Å². The summed E-state index contributed by atoms with van der Waals surface area (Å²) in [5.74, 6) is -0.00765. The van der Waals surface area contributed by atoms with Crippen molar-refractivity contribution in [3.8, 4) is 17.0 Å². The Balaban J connectivity index is 1.85. The molecule has 0 spiro atoms. The van der Waals surface area contributed by atoms with Crippen LogP contribution in [0.15, 0.2) is 40.0 Å². The molecule has 2 aromatic heterocycles. The lowest BCUT2D eigenvalue weighted by Gasteiger charge is -2.26. The zero-order valence-electron chi connectivity index (χ0n) is 14.3. The van der Waals surface area contributed by atoms with Crippen LogP contribution >= 0.6 is 27.5 Å². The lowest BCUT2D eigenvalue weighted by Crippen LogP contribution is -2.29. The van der Waals surface area contributed by atoms with Crippen molar-refractivity contribution in [3.63, 3.8) is 0 Å². The Morgan fingerprint density at radius 3 is 2.63 bits per heavy atom. The molecule has 0 radical (unpaired) electrons. The Hall–Kier alpha value is -1.96. The van der Waals surface area contributed by atoms with Crippen molar-refractivity contribution in [3.05, 3.63) is 50.6 Å². The molecule has 4 rings (SSSR count). The van der Waals surface area contributed by atoms with Gasteiger partial charge in [0.25, 0.3) is 5.56 Å². The molecular weight excluding hydrogens is 434 g/mol. The summed E-state index contributed by atoms with van der Waals surface area (Å²) in [4.78, 5) is 22.0. The second-order valence-corrected chi connectivity index (χ2v) is 7.96. The Bertz CT molecular complexity index is 1080. The van der Waals surface area contributed by atoms with Crippen LogP contribution < -0.4 is 5.56 Å². The lowest BCUT2D eigenvalue weighted by molar-refractivity contribution is 0.110. The van der Waals surface area contributed by atoms with E-state index in [4.69, 9.17) is 11.6 Å². The minimum Gasteiger partial charge on any atom is -0.507 e. The number of phenolic OH excluding ortho intramolecular Hbond substituents is 1. The van der Waals surface area contributed by atoms with Gasteiger partial charge in [0.15, 0.2) is 0 Å². The van der Waals surface area contributed by atoms with Gasteiger partial charge in [0.05, 0.1) is 23.5 Å². The molecule has 1 saturated carbocycles. The topological polar surface area (TPSA) is 88.2 Å². The Labute approximate surface area is 168 Å². The second-order valence-electron chi connectivity index (χ2n) is 6.78. The number of aliphatic hydroxyl groups is 1. The maximum atomic E-state index is 13.1. The minimum atomic E-state index is -0.289. The van der Waals surface area contributed by atoms with Gasteiger partial charge in [-0.25, -0.2) is 9.97 Å². The van der Waals surface area contributed by atoms with E-state index < -0.39 is 0 Å². The van der Waals surface area contributed by atoms with Crippen molar-refractivity contribution < 1.29 is 10.2 Å². The van der Waals surface area contributed by atoms with Crippen molar-refractivity contribution in [1.29, 1.82) is 0 Å². The fourth-order valence-electron chi connectivity index (χ4n) is 3.56. The third-order valence-corrected chi connectivity index (χ3v) is 5.81. The molecule has 1 aliphatic rings. The molecule has 27 heavy (non-hydrogen) atoms. The highest BCUT2D eigenvalue weighted by Gasteiger charge is 2.23. The summed E-state index contributed by atoms with van der Waals surface area (Å²) in [5.41, 5.74) is 1.26. The Morgan fingerprint density at radius 2 is 1.93 bits per heavy atom. The van der Waals surface area contributed by atoms with Crippen LogP contribution in [-0.4, -0.2) is 30.9 Å². The molecular formula is C19H17BrClN3O3. The number of aliphatic hydroxyl groups excluding tert-OH is 1. The van der Waals surface area contributed by atoms with Crippen LogP contribution in [0.4, 0.5) is 0 Å². The van der Waals surface area contributed by atoms with Crippen LogP contribution in [0.3, 0.4) is 0 Å². The highest BCUT2D eigenvalue weighted by Crippen LogP contribution is 2.33. The molecule has 0 saturated heterocycles. The normalized spacial score (nSPS) is 20.1. The number of hydrogen-bond donors (Lipinski definition) is 2. The van der Waals surface area contributed by atoms with Crippen LogP contribution in [0.5, 0.6) is 5.75 Å². The maximum absolute atomic E-state index is 13.1. The number of aromatic nitrogens is 3. The number of fused-ring (bicyclic) bond motifs is 1. The summed E-state index contributed by atoms with van der Waals surface area (Å²) < 4.78 is 2.08. The average Bonchev–Trinajstić information content (AvgIpc) is 2.63. The van der Waals surface area contributed by atoms with Crippen molar-refractivity contribution in [2.75, 3.05) is 0 Å². The first-order valence-electron chi connectivity index (χ1n) is 8.68. The van der Waals surface area contributed by atoms with Crippen molar-refractivity contribution in [1.82, 2.24) is 14.5 Å². The zero-order valence-corrected chi connectivity index (χ0v) is 16.6. The second kappa shape index (κ2) is 7.22. The van der Waals surface area contributed by atoms with E-state index in [1.165, 1.54) is 6.07 Å². The molecule has 3 aromatic rings. The third-order valence-electron chi connectivity index (χ3n) is 5.02. The number of halogens is 2. The van der Waals surface area contributed by atoms with Crippen molar-refractivity contribution >= 4 is 38.4 Å². The monoisotopic (exact) mass is 449 g/mol. The molecule has 0 atom stereocenters. The molecule has 6 nitrogen and oxygen atoms in total. The maximum Gasteiger partial charge on any atom is 0.261 e. The quantitative estimate of drug-likeness (QED) is 0.575. The standard InChI is InChI=1S/C19H17BrClN3O3/c20-18-17-14(8-15(23-18)13-6-1-10(21)7-16(13)26)19(27)24(9-22-17)11-2-4-12(25)5-3-11/h1,6-9,11-12,25-26H,2-5H2. The zero-order chi connectivity index (χ0) is 19.1. The molecule has 2 N–H and O–H groups in total. The average molecular weight is 451 g/mol. The largest absolute Gasteiger partial charge is 0.507 e. The summed E-state index contributed by atoms with van der Waals surface area (Å²) >= 11 is 9.29. The summed E-state index contributed by atoms with van der Waals surface area (Å²) in [7, 11) is 0. The number of pyridine rings is 1. The van der Waals surface area contributed by atoms with E-state index in [-0.39, 0.29) is 23.5 Å². The smallest absolute Gasteiger partial charge is 0.261 e. The lowest BCUT2D eigenvalue weighted by atomic mass is 9.93. The van der Waals surface area contributed by atoms with Gasteiger partial charge in [0.1, 0.15) is 15.9 Å². The molecule has 1 fully saturated rings. The first kappa shape index (κ1) is 18.4. The van der Waals surface area contributed by atoms with Gasteiger partial charge in [0, 0.05) is 16.6 Å². The van der Waals surface area contributed by atoms with E-state index in [0.717, 1.165) is 12.8 Å². The SMILES string of the molecule is O=c1c2cc(-c3ccc(Cl)cc3O)nc(Br)c2ncn1C1CCC(O)CC1. The number of nitrogens with zero attached hydrogens (tertiary/aromatic N) is 3. The fourth-order valence-corrected chi connectivity index (χ4v) is 4.23. The molecule has 1 aliphatic carbocycles. The van der Waals surface area contributed by atoms with Gasteiger partial charge in [-0.05, 0) is 65.9 Å². The number of hydrogen-bond acceptors (Lipinski definition) is 5. The number of phenols is 1. The molecule has 140 valence electrons. The van der Waals surface area contributed by atoms with Gasteiger partial charge in [-0.2, -0.15) is 0 Å². The molecule has 8 heteroatoms. The summed E-state index contributed by atoms with van der Waals surface area (Å²) in [5, 5.41) is 20.7. The van der Waals surface area contributed by atoms with Crippen molar-refractivity contribution in [2.45, 2.75) is 37.8 Å². The van der Waals surface area contributed by atoms with Crippen LogP contribution in [0.25, 0.3) is 22.2 Å². The van der Waals surface area contributed by atoms with Crippen LogP contribution in [0.1, 0.15) is 31.7 Å². The Kier molecular flexibility index (Phi) is 4.92. The molecule has 0 amide bonds. The highest BCUT2D eigenvalue weighted by molar-refractivity contribution is 9.10. The van der Waals surface area contributed by atoms with Gasteiger partial charge in [-0.3, -0.25) is 9.36 Å². The van der Waals surface area contributed by atoms with E-state index in [1.807, 2.05) is 0 Å². The van der Waals surface area contributed by atoms with Crippen LogP contribution in [0.2, 0.25) is 5.02 Å². The van der Waals surface area contributed by atoms with Gasteiger partial charge in [-0.1, -0.05) is 11.6 Å². The predicted octanol–water partition coefficient (Wildman–Crippen LogP) is 4.06. The number of benzene rings is 1. The van der Waals surface area contributed by atoms with E-state index in [2.05, 4.69) is 25.9 Å². The molecule has 0 unspecified atom stereocenters. The van der Waals surface area contributed by atoms with Crippen molar-refractivity contribution in [2.24, 2.45) is 0 Å². The van der Waals surface area contributed by atoms with E-state index >= 15 is 0 Å². The predicted molar refractivity (Wildman–Crippen MR) is 107 cm³/mol. The molecule has 0 bridgehead atoms.